The van der Waals surface area contributed by atoms with Crippen LogP contribution in [0.15, 0.2) is 194 Å². The van der Waals surface area contributed by atoms with Gasteiger partial charge in [-0.05, 0) is 65.7 Å². The zero-order chi connectivity index (χ0) is 37.5. The van der Waals surface area contributed by atoms with E-state index in [1.165, 1.54) is 21.8 Å². The van der Waals surface area contributed by atoms with E-state index in [9.17, 15) is 0 Å². The molecule has 0 saturated carbocycles. The molecule has 0 N–H and O–H groups in total. The number of hydrogen-bond donors (Lipinski definition) is 0. The maximum atomic E-state index is 5.35. The van der Waals surface area contributed by atoms with Crippen molar-refractivity contribution in [3.05, 3.63) is 194 Å². The molecule has 0 bridgehead atoms. The number of benzene rings is 8. The Labute approximate surface area is 327 Å². The van der Waals surface area contributed by atoms with Crippen LogP contribution in [0.5, 0.6) is 0 Å². The zero-order valence-electron chi connectivity index (χ0n) is 30.7. The molecule has 12 aromatic rings. The fourth-order valence-corrected chi connectivity index (χ4v) is 8.78. The largest absolute Gasteiger partial charge is 0.309 e. The van der Waals surface area contributed by atoms with E-state index < -0.39 is 0 Å². The van der Waals surface area contributed by atoms with E-state index in [1.54, 1.807) is 0 Å². The van der Waals surface area contributed by atoms with Crippen molar-refractivity contribution in [1.29, 1.82) is 0 Å². The molecule has 0 aliphatic rings. The van der Waals surface area contributed by atoms with Crippen molar-refractivity contribution in [1.82, 2.24) is 28.7 Å². The lowest BCUT2D eigenvalue weighted by atomic mass is 10.0. The molecule has 0 spiro atoms. The minimum Gasteiger partial charge on any atom is -0.309 e. The molecule has 57 heavy (non-hydrogen) atoms. The molecule has 8 aromatic carbocycles. The highest BCUT2D eigenvalue weighted by atomic mass is 15.3. The lowest BCUT2D eigenvalue weighted by Crippen LogP contribution is -2.10. The highest BCUT2D eigenvalue weighted by molar-refractivity contribution is 6.13. The molecule has 0 atom stereocenters. The van der Waals surface area contributed by atoms with Crippen LogP contribution in [0.1, 0.15) is 0 Å². The van der Waals surface area contributed by atoms with E-state index in [0.29, 0.717) is 17.7 Å². The Bertz CT molecular complexity index is 3470. The lowest BCUT2D eigenvalue weighted by molar-refractivity contribution is 0.893. The quantitative estimate of drug-likeness (QED) is 0.177. The van der Waals surface area contributed by atoms with Gasteiger partial charge in [-0.1, -0.05) is 140 Å². The maximum Gasteiger partial charge on any atom is 0.240 e. The van der Waals surface area contributed by atoms with Crippen LogP contribution < -0.4 is 0 Å². The Balaban J connectivity index is 1.11. The van der Waals surface area contributed by atoms with Crippen LogP contribution in [-0.4, -0.2) is 28.7 Å². The smallest absolute Gasteiger partial charge is 0.240 e. The first-order valence-corrected chi connectivity index (χ1v) is 19.2. The van der Waals surface area contributed by atoms with Crippen molar-refractivity contribution in [2.24, 2.45) is 0 Å². The zero-order valence-corrected chi connectivity index (χ0v) is 30.7. The van der Waals surface area contributed by atoms with Crippen LogP contribution in [0.4, 0.5) is 0 Å². The molecular weight excluding hydrogens is 697 g/mol. The third-order valence-corrected chi connectivity index (χ3v) is 11.3. The molecule has 0 unspecified atom stereocenters. The molecule has 0 saturated heterocycles. The van der Waals surface area contributed by atoms with Crippen molar-refractivity contribution < 1.29 is 0 Å². The van der Waals surface area contributed by atoms with Crippen LogP contribution >= 0.6 is 0 Å². The lowest BCUT2D eigenvalue weighted by Gasteiger charge is -2.13. The van der Waals surface area contributed by atoms with Crippen LogP contribution in [0.3, 0.4) is 0 Å². The summed E-state index contributed by atoms with van der Waals surface area (Å²) in [6.45, 7) is 0. The summed E-state index contributed by atoms with van der Waals surface area (Å²) >= 11 is 0. The van der Waals surface area contributed by atoms with Gasteiger partial charge < -0.3 is 4.57 Å². The summed E-state index contributed by atoms with van der Waals surface area (Å²) in [6.07, 6.45) is 0. The van der Waals surface area contributed by atoms with Gasteiger partial charge in [-0.25, -0.2) is 0 Å². The molecule has 0 fully saturated rings. The summed E-state index contributed by atoms with van der Waals surface area (Å²) in [5.74, 6) is 1.74. The summed E-state index contributed by atoms with van der Waals surface area (Å²) in [6, 6.07) is 68.5. The topological polar surface area (TPSA) is 53.5 Å². The normalized spacial score (nSPS) is 11.9. The Kier molecular flexibility index (Phi) is 6.83. The highest BCUT2D eigenvalue weighted by Crippen LogP contribution is 2.39. The Hall–Kier alpha value is -7.83. The Morgan fingerprint density at radius 2 is 0.684 bits per heavy atom. The average Bonchev–Trinajstić information content (AvgIpc) is 3.92. The summed E-state index contributed by atoms with van der Waals surface area (Å²) in [7, 11) is 0. The van der Waals surface area contributed by atoms with Crippen molar-refractivity contribution >= 4 is 65.4 Å². The predicted molar refractivity (Wildman–Crippen MR) is 234 cm³/mol. The number of nitrogens with zero attached hydrogens (tertiary/aromatic N) is 6. The van der Waals surface area contributed by atoms with E-state index in [4.69, 9.17) is 15.0 Å². The molecule has 4 heterocycles. The standard InChI is InChI=1S/C51H32N6/c1-3-15-33(16-4-1)49-52-50(56-44-24-12-7-19-37(44)38-20-8-13-25-45(38)56)54-51(53-49)57-46-26-14-9-21-39(46)41-29-27-35(32-48(41)57)34-28-30-47-42(31-34)40-22-10-11-23-43(40)55(47)36-17-5-2-6-18-36/h1-32H. The second-order valence-corrected chi connectivity index (χ2v) is 14.5. The molecule has 0 aliphatic heterocycles. The molecular formula is C51H32N6. The molecule has 6 nitrogen and oxygen atoms in total. The average molecular weight is 729 g/mol. The minimum absolute atomic E-state index is 0.561. The van der Waals surface area contributed by atoms with Crippen molar-refractivity contribution in [2.45, 2.75) is 0 Å². The first-order valence-electron chi connectivity index (χ1n) is 19.2. The summed E-state index contributed by atoms with van der Waals surface area (Å²) in [5.41, 5.74) is 10.8. The summed E-state index contributed by atoms with van der Waals surface area (Å²) in [5, 5.41) is 7.03. The van der Waals surface area contributed by atoms with Crippen molar-refractivity contribution in [2.75, 3.05) is 0 Å². The van der Waals surface area contributed by atoms with Crippen LogP contribution in [0.2, 0.25) is 0 Å². The number of fused-ring (bicyclic) bond motifs is 9. The molecule has 0 aliphatic carbocycles. The third kappa shape index (κ3) is 4.81. The fourth-order valence-electron chi connectivity index (χ4n) is 8.78. The summed E-state index contributed by atoms with van der Waals surface area (Å²) in [4.78, 5) is 15.8. The van der Waals surface area contributed by atoms with Crippen LogP contribution in [-0.2, 0) is 0 Å². The van der Waals surface area contributed by atoms with Gasteiger partial charge in [0.05, 0.1) is 33.1 Å². The van der Waals surface area contributed by atoms with Crippen LogP contribution in [0, 0.1) is 0 Å². The maximum absolute atomic E-state index is 5.35. The second-order valence-electron chi connectivity index (χ2n) is 14.5. The molecule has 12 rings (SSSR count). The number of rotatable bonds is 5. The van der Waals surface area contributed by atoms with Gasteiger partial charge in [0.1, 0.15) is 0 Å². The van der Waals surface area contributed by atoms with Gasteiger partial charge in [-0.3, -0.25) is 9.13 Å². The first kappa shape index (κ1) is 31.5. The van der Waals surface area contributed by atoms with E-state index in [-0.39, 0.29) is 0 Å². The van der Waals surface area contributed by atoms with E-state index in [1.807, 2.05) is 18.2 Å². The van der Waals surface area contributed by atoms with Gasteiger partial charge in [0.25, 0.3) is 0 Å². The molecule has 0 radical (unpaired) electrons. The van der Waals surface area contributed by atoms with Gasteiger partial charge in [-0.2, -0.15) is 15.0 Å². The van der Waals surface area contributed by atoms with Gasteiger partial charge in [0.15, 0.2) is 5.82 Å². The molecule has 0 amide bonds. The van der Waals surface area contributed by atoms with Gasteiger partial charge in [0.2, 0.25) is 11.9 Å². The van der Waals surface area contributed by atoms with Gasteiger partial charge >= 0.3 is 0 Å². The Morgan fingerprint density at radius 1 is 0.263 bits per heavy atom. The Morgan fingerprint density at radius 3 is 1.28 bits per heavy atom. The minimum atomic E-state index is 0.561. The van der Waals surface area contributed by atoms with Crippen molar-refractivity contribution in [3.8, 4) is 40.1 Å². The number of aromatic nitrogens is 6. The van der Waals surface area contributed by atoms with E-state index >= 15 is 0 Å². The SMILES string of the molecule is c1ccc(-c2nc(-n3c4ccccc4c4ccccc43)nc(-n3c4ccccc4c4ccc(-c5ccc6c(c5)c5ccccc5n6-c5ccccc5)cc43)n2)cc1. The van der Waals surface area contributed by atoms with E-state index in [2.05, 4.69) is 190 Å². The molecule has 266 valence electrons. The molecule has 4 aromatic heterocycles. The van der Waals surface area contributed by atoms with Gasteiger partial charge in [0, 0.05) is 43.6 Å². The predicted octanol–water partition coefficient (Wildman–Crippen LogP) is 12.5. The molecule has 6 heteroatoms. The monoisotopic (exact) mass is 728 g/mol. The number of hydrogen-bond acceptors (Lipinski definition) is 3. The van der Waals surface area contributed by atoms with E-state index in [0.717, 1.165) is 66.0 Å². The van der Waals surface area contributed by atoms with Crippen LogP contribution in [0.25, 0.3) is 106 Å². The first-order chi connectivity index (χ1) is 28.3. The highest BCUT2D eigenvalue weighted by Gasteiger charge is 2.21. The fraction of sp³-hybridized carbons (Fsp3) is 0. The van der Waals surface area contributed by atoms with Crippen molar-refractivity contribution in [3.63, 3.8) is 0 Å². The van der Waals surface area contributed by atoms with Gasteiger partial charge in [-0.15, -0.1) is 0 Å². The summed E-state index contributed by atoms with van der Waals surface area (Å²) < 4.78 is 6.73. The number of para-hydroxylation sites is 5. The third-order valence-electron chi connectivity index (χ3n) is 11.3. The second kappa shape index (κ2) is 12.3.